The van der Waals surface area contributed by atoms with Crippen molar-refractivity contribution in [1.82, 2.24) is 0 Å². The van der Waals surface area contributed by atoms with Crippen molar-refractivity contribution in [3.05, 3.63) is 30.3 Å². The van der Waals surface area contributed by atoms with E-state index in [0.29, 0.717) is 12.3 Å². The Morgan fingerprint density at radius 1 is 1.13 bits per heavy atom. The van der Waals surface area contributed by atoms with E-state index in [2.05, 4.69) is 6.92 Å². The SMILES string of the molecule is CCCCCCON(O)c1ccccc1. The second-order valence-electron chi connectivity index (χ2n) is 3.50. The highest BCUT2D eigenvalue weighted by Gasteiger charge is 2.01. The molecule has 1 N–H and O–H groups in total. The quantitative estimate of drug-likeness (QED) is 0.552. The van der Waals surface area contributed by atoms with Gasteiger partial charge in [0.25, 0.3) is 0 Å². The molecule has 0 spiro atoms. The van der Waals surface area contributed by atoms with Crippen LogP contribution in [0.2, 0.25) is 0 Å². The topological polar surface area (TPSA) is 32.7 Å². The molecule has 0 saturated carbocycles. The molecule has 0 heterocycles. The van der Waals surface area contributed by atoms with Crippen LogP contribution in [0.25, 0.3) is 0 Å². The number of unbranched alkanes of at least 4 members (excludes halogenated alkanes) is 3. The van der Waals surface area contributed by atoms with Gasteiger partial charge in [0.2, 0.25) is 0 Å². The zero-order chi connectivity index (χ0) is 10.9. The fourth-order valence-corrected chi connectivity index (χ4v) is 1.31. The Kier molecular flexibility index (Phi) is 5.81. The minimum Gasteiger partial charge on any atom is -0.264 e. The van der Waals surface area contributed by atoms with Gasteiger partial charge in [-0.1, -0.05) is 44.4 Å². The van der Waals surface area contributed by atoms with Crippen LogP contribution in [0.5, 0.6) is 0 Å². The van der Waals surface area contributed by atoms with Gasteiger partial charge in [-0.15, -0.1) is 5.23 Å². The minimum atomic E-state index is 0.561. The van der Waals surface area contributed by atoms with Crippen molar-refractivity contribution < 1.29 is 10.0 Å². The highest BCUT2D eigenvalue weighted by molar-refractivity contribution is 5.40. The summed E-state index contributed by atoms with van der Waals surface area (Å²) >= 11 is 0. The van der Waals surface area contributed by atoms with Crippen molar-refractivity contribution in [2.24, 2.45) is 0 Å². The molecule has 0 saturated heterocycles. The molecule has 1 aromatic carbocycles. The van der Waals surface area contributed by atoms with E-state index in [4.69, 9.17) is 4.84 Å². The second-order valence-corrected chi connectivity index (χ2v) is 3.50. The number of para-hydroxylation sites is 1. The molecule has 1 rings (SSSR count). The summed E-state index contributed by atoms with van der Waals surface area (Å²) in [6, 6.07) is 9.22. The molecule has 0 aliphatic carbocycles. The van der Waals surface area contributed by atoms with E-state index in [0.717, 1.165) is 18.1 Å². The largest absolute Gasteiger partial charge is 0.264 e. The predicted molar refractivity (Wildman–Crippen MR) is 60.8 cm³/mol. The van der Waals surface area contributed by atoms with Gasteiger partial charge < -0.3 is 0 Å². The van der Waals surface area contributed by atoms with E-state index >= 15 is 0 Å². The third-order valence-corrected chi connectivity index (χ3v) is 2.19. The Hall–Kier alpha value is -1.06. The zero-order valence-corrected chi connectivity index (χ0v) is 9.22. The van der Waals surface area contributed by atoms with Gasteiger partial charge in [0.05, 0.1) is 12.3 Å². The first-order valence-electron chi connectivity index (χ1n) is 5.51. The van der Waals surface area contributed by atoms with Crippen LogP contribution in [0, 0.1) is 0 Å². The molecule has 0 aliphatic rings. The summed E-state index contributed by atoms with van der Waals surface area (Å²) in [6.07, 6.45) is 4.57. The van der Waals surface area contributed by atoms with E-state index in [9.17, 15) is 5.21 Å². The number of anilines is 1. The van der Waals surface area contributed by atoms with Gasteiger partial charge in [-0.2, -0.15) is 0 Å². The first kappa shape index (κ1) is 12.0. The van der Waals surface area contributed by atoms with Crippen LogP contribution in [-0.4, -0.2) is 11.8 Å². The molecule has 3 heteroatoms. The van der Waals surface area contributed by atoms with E-state index in [1.807, 2.05) is 18.2 Å². The van der Waals surface area contributed by atoms with Crippen molar-refractivity contribution >= 4 is 5.69 Å². The van der Waals surface area contributed by atoms with E-state index in [-0.39, 0.29) is 0 Å². The fraction of sp³-hybridized carbons (Fsp3) is 0.500. The van der Waals surface area contributed by atoms with E-state index in [1.165, 1.54) is 12.8 Å². The van der Waals surface area contributed by atoms with Gasteiger partial charge >= 0.3 is 0 Å². The van der Waals surface area contributed by atoms with Crippen molar-refractivity contribution in [3.8, 4) is 0 Å². The molecule has 0 aliphatic heterocycles. The average molecular weight is 209 g/mol. The molecule has 0 fully saturated rings. The predicted octanol–water partition coefficient (Wildman–Crippen LogP) is 3.39. The number of hydrogen-bond acceptors (Lipinski definition) is 3. The molecule has 0 bridgehead atoms. The second kappa shape index (κ2) is 7.26. The Morgan fingerprint density at radius 3 is 2.53 bits per heavy atom. The third-order valence-electron chi connectivity index (χ3n) is 2.19. The minimum absolute atomic E-state index is 0.561. The van der Waals surface area contributed by atoms with Gasteiger partial charge in [0.1, 0.15) is 0 Å². The van der Waals surface area contributed by atoms with Crippen molar-refractivity contribution in [3.63, 3.8) is 0 Å². The standard InChI is InChI=1S/C12H19NO2/c1-2-3-4-8-11-15-13(14)12-9-6-5-7-10-12/h5-7,9-10,14H,2-4,8,11H2,1H3. The molecular weight excluding hydrogens is 190 g/mol. The summed E-state index contributed by atoms with van der Waals surface area (Å²) in [6.45, 7) is 2.73. The van der Waals surface area contributed by atoms with E-state index in [1.54, 1.807) is 12.1 Å². The van der Waals surface area contributed by atoms with Crippen LogP contribution in [0.3, 0.4) is 0 Å². The lowest BCUT2D eigenvalue weighted by molar-refractivity contribution is -0.0422. The number of hydrogen-bond donors (Lipinski definition) is 1. The first-order chi connectivity index (χ1) is 7.34. The lowest BCUT2D eigenvalue weighted by Gasteiger charge is -2.15. The third kappa shape index (κ3) is 4.81. The maximum absolute atomic E-state index is 9.49. The Balaban J connectivity index is 2.16. The van der Waals surface area contributed by atoms with E-state index < -0.39 is 0 Å². The summed E-state index contributed by atoms with van der Waals surface area (Å²) in [4.78, 5) is 5.16. The van der Waals surface area contributed by atoms with Crippen molar-refractivity contribution in [2.45, 2.75) is 32.6 Å². The molecule has 0 atom stereocenters. The summed E-state index contributed by atoms with van der Waals surface area (Å²) in [5, 5.41) is 10.3. The first-order valence-corrected chi connectivity index (χ1v) is 5.51. The smallest absolute Gasteiger partial charge is 0.0945 e. The lowest BCUT2D eigenvalue weighted by Crippen LogP contribution is -2.19. The summed E-state index contributed by atoms with van der Waals surface area (Å²) < 4.78 is 0. The summed E-state index contributed by atoms with van der Waals surface area (Å²) in [7, 11) is 0. The van der Waals surface area contributed by atoms with Crippen LogP contribution in [-0.2, 0) is 4.84 Å². The van der Waals surface area contributed by atoms with Crippen LogP contribution in [0.1, 0.15) is 32.6 Å². The Labute approximate surface area is 91.2 Å². The fourth-order valence-electron chi connectivity index (χ4n) is 1.31. The molecule has 3 nitrogen and oxygen atoms in total. The monoisotopic (exact) mass is 209 g/mol. The Bertz CT molecular complexity index is 251. The van der Waals surface area contributed by atoms with Gasteiger partial charge in [-0.25, -0.2) is 4.84 Å². The number of benzene rings is 1. The van der Waals surface area contributed by atoms with Gasteiger partial charge in [0, 0.05) is 0 Å². The molecule has 0 radical (unpaired) electrons. The number of nitrogens with zero attached hydrogens (tertiary/aromatic N) is 1. The molecule has 0 amide bonds. The van der Waals surface area contributed by atoms with Crippen molar-refractivity contribution in [1.29, 1.82) is 0 Å². The average Bonchev–Trinajstić information content (AvgIpc) is 2.30. The van der Waals surface area contributed by atoms with Gasteiger partial charge in [-0.05, 0) is 18.6 Å². The normalized spacial score (nSPS) is 10.3. The Morgan fingerprint density at radius 2 is 1.87 bits per heavy atom. The maximum Gasteiger partial charge on any atom is 0.0945 e. The van der Waals surface area contributed by atoms with Crippen LogP contribution < -0.4 is 5.23 Å². The van der Waals surface area contributed by atoms with Gasteiger partial charge in [0.15, 0.2) is 0 Å². The summed E-state index contributed by atoms with van der Waals surface area (Å²) in [5.41, 5.74) is 0.660. The molecule has 0 unspecified atom stereocenters. The summed E-state index contributed by atoms with van der Waals surface area (Å²) in [5.74, 6) is 0. The van der Waals surface area contributed by atoms with Crippen LogP contribution >= 0.6 is 0 Å². The highest BCUT2D eigenvalue weighted by Crippen LogP contribution is 2.11. The highest BCUT2D eigenvalue weighted by atomic mass is 16.9. The lowest BCUT2D eigenvalue weighted by atomic mass is 10.2. The van der Waals surface area contributed by atoms with Gasteiger partial charge in [-0.3, -0.25) is 5.21 Å². The molecule has 84 valence electrons. The molecule has 15 heavy (non-hydrogen) atoms. The maximum atomic E-state index is 9.49. The molecule has 0 aromatic heterocycles. The van der Waals surface area contributed by atoms with Crippen molar-refractivity contribution in [2.75, 3.05) is 11.8 Å². The van der Waals surface area contributed by atoms with Crippen LogP contribution in [0.4, 0.5) is 5.69 Å². The zero-order valence-electron chi connectivity index (χ0n) is 9.22. The molecular formula is C12H19NO2. The number of rotatable bonds is 7. The van der Waals surface area contributed by atoms with Crippen LogP contribution in [0.15, 0.2) is 30.3 Å². The molecule has 1 aromatic rings.